The maximum absolute atomic E-state index is 12.3. The summed E-state index contributed by atoms with van der Waals surface area (Å²) in [6.07, 6.45) is 4.26. The molecule has 0 aliphatic carbocycles. The van der Waals surface area contributed by atoms with E-state index in [1.54, 1.807) is 18.6 Å². The van der Waals surface area contributed by atoms with E-state index in [1.165, 1.54) is 0 Å². The molecule has 1 aliphatic heterocycles. The first-order chi connectivity index (χ1) is 12.6. The number of benzene rings is 1. The van der Waals surface area contributed by atoms with Crippen LogP contribution in [0.1, 0.15) is 12.8 Å². The van der Waals surface area contributed by atoms with Crippen molar-refractivity contribution in [2.24, 2.45) is 0 Å². The number of carbonyl (C=O) groups is 1. The SMILES string of the molecule is CNc1ccnc(N2CCC(C(=O)O)(n3cnc4ccccc43)CC2)n1. The van der Waals surface area contributed by atoms with E-state index >= 15 is 0 Å². The summed E-state index contributed by atoms with van der Waals surface area (Å²) in [5.74, 6) is 0.530. The Morgan fingerprint density at radius 2 is 1.96 bits per heavy atom. The Morgan fingerprint density at radius 3 is 2.69 bits per heavy atom. The minimum Gasteiger partial charge on any atom is -0.479 e. The number of para-hydroxylation sites is 2. The maximum Gasteiger partial charge on any atom is 0.330 e. The molecule has 8 nitrogen and oxygen atoms in total. The van der Waals surface area contributed by atoms with Gasteiger partial charge in [-0.3, -0.25) is 0 Å². The molecular formula is C18H20N6O2. The number of nitrogens with zero attached hydrogens (tertiary/aromatic N) is 5. The number of aliphatic carboxylic acids is 1. The Kier molecular flexibility index (Phi) is 3.95. The van der Waals surface area contributed by atoms with Crippen LogP contribution in [0.15, 0.2) is 42.9 Å². The number of hydrogen-bond acceptors (Lipinski definition) is 6. The van der Waals surface area contributed by atoms with Gasteiger partial charge >= 0.3 is 5.97 Å². The number of anilines is 2. The molecule has 26 heavy (non-hydrogen) atoms. The highest BCUT2D eigenvalue weighted by Crippen LogP contribution is 2.34. The molecule has 0 unspecified atom stereocenters. The number of aromatic nitrogens is 4. The van der Waals surface area contributed by atoms with E-state index in [1.807, 2.05) is 40.8 Å². The molecule has 0 spiro atoms. The smallest absolute Gasteiger partial charge is 0.330 e. The Balaban J connectivity index is 1.65. The fourth-order valence-electron chi connectivity index (χ4n) is 3.57. The topological polar surface area (TPSA) is 96.2 Å². The molecule has 4 rings (SSSR count). The van der Waals surface area contributed by atoms with E-state index < -0.39 is 11.5 Å². The molecular weight excluding hydrogens is 332 g/mol. The molecule has 2 aromatic heterocycles. The molecule has 1 saturated heterocycles. The van der Waals surface area contributed by atoms with E-state index in [9.17, 15) is 9.90 Å². The average Bonchev–Trinajstić information content (AvgIpc) is 3.12. The molecule has 1 aliphatic rings. The average molecular weight is 352 g/mol. The van der Waals surface area contributed by atoms with Crippen molar-refractivity contribution in [3.63, 3.8) is 0 Å². The molecule has 134 valence electrons. The summed E-state index contributed by atoms with van der Waals surface area (Å²) < 4.78 is 1.81. The van der Waals surface area contributed by atoms with Crippen LogP contribution < -0.4 is 10.2 Å². The van der Waals surface area contributed by atoms with Crippen LogP contribution in [0, 0.1) is 0 Å². The molecule has 0 bridgehead atoms. The van der Waals surface area contributed by atoms with Crippen molar-refractivity contribution in [3.05, 3.63) is 42.9 Å². The third-order valence-electron chi connectivity index (χ3n) is 5.09. The minimum absolute atomic E-state index is 0.454. The van der Waals surface area contributed by atoms with Gasteiger partial charge in [0.2, 0.25) is 5.95 Å². The Labute approximate surface area is 150 Å². The van der Waals surface area contributed by atoms with Gasteiger partial charge in [-0.15, -0.1) is 0 Å². The molecule has 3 aromatic rings. The van der Waals surface area contributed by atoms with Crippen LogP contribution in [-0.4, -0.2) is 50.7 Å². The lowest BCUT2D eigenvalue weighted by Crippen LogP contribution is -2.51. The van der Waals surface area contributed by atoms with Crippen molar-refractivity contribution in [3.8, 4) is 0 Å². The molecule has 0 atom stereocenters. The summed E-state index contributed by atoms with van der Waals surface area (Å²) in [4.78, 5) is 27.4. The fraction of sp³-hybridized carbons (Fsp3) is 0.333. The van der Waals surface area contributed by atoms with Crippen LogP contribution in [0.25, 0.3) is 11.0 Å². The number of fused-ring (bicyclic) bond motifs is 1. The summed E-state index contributed by atoms with van der Waals surface area (Å²) in [5.41, 5.74) is 0.644. The number of imidazole rings is 1. The van der Waals surface area contributed by atoms with Crippen LogP contribution in [0.5, 0.6) is 0 Å². The molecule has 1 fully saturated rings. The Bertz CT molecular complexity index is 946. The molecule has 1 aromatic carbocycles. The second-order valence-corrected chi connectivity index (χ2v) is 6.42. The number of piperidine rings is 1. The minimum atomic E-state index is -1.01. The fourth-order valence-corrected chi connectivity index (χ4v) is 3.57. The van der Waals surface area contributed by atoms with Crippen molar-refractivity contribution in [2.45, 2.75) is 18.4 Å². The third-order valence-corrected chi connectivity index (χ3v) is 5.09. The lowest BCUT2D eigenvalue weighted by atomic mass is 9.87. The number of carboxylic acid groups (broad SMARTS) is 1. The van der Waals surface area contributed by atoms with Gasteiger partial charge in [-0.05, 0) is 31.0 Å². The van der Waals surface area contributed by atoms with E-state index in [0.29, 0.717) is 31.9 Å². The molecule has 3 heterocycles. The highest BCUT2D eigenvalue weighted by Gasteiger charge is 2.44. The lowest BCUT2D eigenvalue weighted by Gasteiger charge is -2.40. The summed E-state index contributed by atoms with van der Waals surface area (Å²) in [5, 5.41) is 13.0. The van der Waals surface area contributed by atoms with E-state index in [4.69, 9.17) is 0 Å². The summed E-state index contributed by atoms with van der Waals surface area (Å²) in [7, 11) is 1.81. The number of nitrogens with one attached hydrogen (secondary N) is 1. The van der Waals surface area contributed by atoms with E-state index in [0.717, 1.165) is 16.9 Å². The van der Waals surface area contributed by atoms with Crippen LogP contribution in [-0.2, 0) is 10.3 Å². The molecule has 0 saturated carbocycles. The summed E-state index contributed by atoms with van der Waals surface area (Å²) in [6, 6.07) is 9.42. The standard InChI is InChI=1S/C18H20N6O2/c1-19-15-6-9-20-17(22-15)23-10-7-18(8-11-23,16(25)26)24-12-21-13-4-2-3-5-14(13)24/h2-6,9,12H,7-8,10-11H2,1H3,(H,25,26)(H,19,20,22). The van der Waals surface area contributed by atoms with E-state index in [2.05, 4.69) is 20.3 Å². The van der Waals surface area contributed by atoms with Crippen LogP contribution in [0.4, 0.5) is 11.8 Å². The second-order valence-electron chi connectivity index (χ2n) is 6.42. The van der Waals surface area contributed by atoms with Crippen molar-refractivity contribution in [1.29, 1.82) is 0 Å². The first-order valence-corrected chi connectivity index (χ1v) is 8.56. The van der Waals surface area contributed by atoms with Crippen molar-refractivity contribution < 1.29 is 9.90 Å². The number of carboxylic acids is 1. The Morgan fingerprint density at radius 1 is 1.19 bits per heavy atom. The van der Waals surface area contributed by atoms with Crippen LogP contribution >= 0.6 is 0 Å². The van der Waals surface area contributed by atoms with Crippen LogP contribution in [0.3, 0.4) is 0 Å². The lowest BCUT2D eigenvalue weighted by molar-refractivity contribution is -0.148. The van der Waals surface area contributed by atoms with Gasteiger partial charge in [0.05, 0.1) is 17.4 Å². The highest BCUT2D eigenvalue weighted by atomic mass is 16.4. The number of rotatable bonds is 4. The van der Waals surface area contributed by atoms with Gasteiger partial charge in [-0.25, -0.2) is 14.8 Å². The number of hydrogen-bond donors (Lipinski definition) is 2. The first kappa shape index (κ1) is 16.3. The summed E-state index contributed by atoms with van der Waals surface area (Å²) in [6.45, 7) is 1.12. The van der Waals surface area contributed by atoms with Gasteiger partial charge in [0, 0.05) is 26.3 Å². The normalized spacial score (nSPS) is 16.6. The second kappa shape index (κ2) is 6.29. The summed E-state index contributed by atoms with van der Waals surface area (Å²) >= 11 is 0. The quantitative estimate of drug-likeness (QED) is 0.741. The van der Waals surface area contributed by atoms with Gasteiger partial charge < -0.3 is 19.9 Å². The third kappa shape index (κ3) is 2.54. The van der Waals surface area contributed by atoms with Crippen molar-refractivity contribution in [1.82, 2.24) is 19.5 Å². The first-order valence-electron chi connectivity index (χ1n) is 8.56. The van der Waals surface area contributed by atoms with Gasteiger partial charge in [-0.1, -0.05) is 12.1 Å². The monoisotopic (exact) mass is 352 g/mol. The van der Waals surface area contributed by atoms with Gasteiger partial charge in [0.1, 0.15) is 11.4 Å². The maximum atomic E-state index is 12.3. The zero-order valence-corrected chi connectivity index (χ0v) is 14.5. The predicted molar refractivity (Wildman–Crippen MR) is 98.4 cm³/mol. The van der Waals surface area contributed by atoms with Crippen LogP contribution in [0.2, 0.25) is 0 Å². The van der Waals surface area contributed by atoms with Gasteiger partial charge in [0.15, 0.2) is 0 Å². The molecule has 0 radical (unpaired) electrons. The van der Waals surface area contributed by atoms with Crippen molar-refractivity contribution in [2.75, 3.05) is 30.4 Å². The largest absolute Gasteiger partial charge is 0.479 e. The van der Waals surface area contributed by atoms with Gasteiger partial charge in [-0.2, -0.15) is 4.98 Å². The van der Waals surface area contributed by atoms with Gasteiger partial charge in [0.25, 0.3) is 0 Å². The molecule has 2 N–H and O–H groups in total. The zero-order valence-electron chi connectivity index (χ0n) is 14.5. The predicted octanol–water partition coefficient (Wildman–Crippen LogP) is 1.95. The molecule has 0 amide bonds. The highest BCUT2D eigenvalue weighted by molar-refractivity contribution is 5.82. The molecule has 8 heteroatoms. The Hall–Kier alpha value is -3.16. The van der Waals surface area contributed by atoms with E-state index in [-0.39, 0.29) is 0 Å². The van der Waals surface area contributed by atoms with Crippen molar-refractivity contribution >= 4 is 28.8 Å². The zero-order chi connectivity index (χ0) is 18.1.